The molecule has 0 fully saturated rings. The number of nitro groups is 1. The van der Waals surface area contributed by atoms with Crippen molar-refractivity contribution in [2.45, 2.75) is 4.90 Å². The summed E-state index contributed by atoms with van der Waals surface area (Å²) in [6.07, 6.45) is 1.07. The van der Waals surface area contributed by atoms with Gasteiger partial charge in [0, 0.05) is 12.3 Å². The van der Waals surface area contributed by atoms with E-state index in [-0.39, 0.29) is 16.4 Å². The summed E-state index contributed by atoms with van der Waals surface area (Å²) in [6, 6.07) is 8.28. The molecule has 0 aliphatic carbocycles. The number of nitro benzene ring substituents is 1. The summed E-state index contributed by atoms with van der Waals surface area (Å²) < 4.78 is 41.1. The average molecular weight is 311 g/mol. The molecular weight excluding hydrogens is 301 g/mol. The molecule has 21 heavy (non-hydrogen) atoms. The van der Waals surface area contributed by atoms with E-state index in [4.69, 9.17) is 4.74 Å². The minimum atomic E-state index is -3.32. The van der Waals surface area contributed by atoms with Gasteiger partial charge in [-0.25, -0.2) is 12.8 Å². The second-order valence-electron chi connectivity index (χ2n) is 4.25. The topological polar surface area (TPSA) is 86.5 Å². The van der Waals surface area contributed by atoms with Crippen LogP contribution in [0.3, 0.4) is 0 Å². The molecule has 0 radical (unpaired) electrons. The van der Waals surface area contributed by atoms with Crippen molar-refractivity contribution in [3.8, 4) is 11.5 Å². The third kappa shape index (κ3) is 3.76. The zero-order valence-corrected chi connectivity index (χ0v) is 11.6. The fraction of sp³-hybridized carbons (Fsp3) is 0.0769. The third-order valence-corrected chi connectivity index (χ3v) is 3.68. The number of halogens is 1. The molecule has 8 heteroatoms. The largest absolute Gasteiger partial charge is 0.457 e. The molecule has 2 aromatic carbocycles. The van der Waals surface area contributed by atoms with Gasteiger partial charge in [-0.2, -0.15) is 0 Å². The molecule has 0 bridgehead atoms. The van der Waals surface area contributed by atoms with E-state index in [0.717, 1.165) is 24.5 Å². The Morgan fingerprint density at radius 3 is 2.24 bits per heavy atom. The number of hydrogen-bond acceptors (Lipinski definition) is 5. The van der Waals surface area contributed by atoms with Crippen molar-refractivity contribution in [1.29, 1.82) is 0 Å². The predicted molar refractivity (Wildman–Crippen MR) is 72.7 cm³/mol. The molecule has 0 amide bonds. The fourth-order valence-electron chi connectivity index (χ4n) is 1.60. The van der Waals surface area contributed by atoms with Crippen LogP contribution in [0, 0.1) is 15.9 Å². The van der Waals surface area contributed by atoms with E-state index in [0.29, 0.717) is 0 Å². The van der Waals surface area contributed by atoms with Crippen LogP contribution in [0.25, 0.3) is 0 Å². The Labute approximate surface area is 119 Å². The lowest BCUT2D eigenvalue weighted by atomic mass is 10.3. The van der Waals surface area contributed by atoms with Crippen molar-refractivity contribution in [2.24, 2.45) is 0 Å². The standard InChI is InChI=1S/C13H10FNO5S/c1-21(18,19)13-4-2-11(3-5-13)20-12-7-9(14)6-10(8-12)15(16)17/h2-8H,1H3. The van der Waals surface area contributed by atoms with Crippen molar-refractivity contribution in [1.82, 2.24) is 0 Å². The van der Waals surface area contributed by atoms with Gasteiger partial charge in [0.2, 0.25) is 0 Å². The first-order valence-corrected chi connectivity index (χ1v) is 7.58. The lowest BCUT2D eigenvalue weighted by Crippen LogP contribution is -1.96. The summed E-state index contributed by atoms with van der Waals surface area (Å²) in [7, 11) is -3.32. The summed E-state index contributed by atoms with van der Waals surface area (Å²) in [5.41, 5.74) is -0.433. The Bertz CT molecular complexity index is 787. The summed E-state index contributed by atoms with van der Waals surface area (Å²) in [6.45, 7) is 0. The molecular formula is C13H10FNO5S. The Hall–Kier alpha value is -2.48. The molecule has 0 spiro atoms. The summed E-state index contributed by atoms with van der Waals surface area (Å²) in [5, 5.41) is 10.6. The second-order valence-corrected chi connectivity index (χ2v) is 6.26. The maximum absolute atomic E-state index is 13.2. The molecule has 0 atom stereocenters. The van der Waals surface area contributed by atoms with E-state index >= 15 is 0 Å². The van der Waals surface area contributed by atoms with Crippen LogP contribution in [0.2, 0.25) is 0 Å². The van der Waals surface area contributed by atoms with Crippen LogP contribution < -0.4 is 4.74 Å². The van der Waals surface area contributed by atoms with Gasteiger partial charge in [-0.1, -0.05) is 0 Å². The van der Waals surface area contributed by atoms with Crippen molar-refractivity contribution in [3.63, 3.8) is 0 Å². The van der Waals surface area contributed by atoms with Gasteiger partial charge in [0.1, 0.15) is 17.3 Å². The maximum atomic E-state index is 13.2. The van der Waals surface area contributed by atoms with Crippen LogP contribution in [-0.2, 0) is 9.84 Å². The first-order valence-electron chi connectivity index (χ1n) is 5.69. The zero-order chi connectivity index (χ0) is 15.6. The van der Waals surface area contributed by atoms with Crippen molar-refractivity contribution < 1.29 is 22.5 Å². The number of benzene rings is 2. The highest BCUT2D eigenvalue weighted by Crippen LogP contribution is 2.27. The first-order chi connectivity index (χ1) is 9.75. The van der Waals surface area contributed by atoms with E-state index in [2.05, 4.69) is 0 Å². The average Bonchev–Trinajstić information content (AvgIpc) is 2.37. The van der Waals surface area contributed by atoms with E-state index in [1.54, 1.807) is 0 Å². The van der Waals surface area contributed by atoms with Gasteiger partial charge >= 0.3 is 0 Å². The minimum absolute atomic E-state index is 0.0474. The third-order valence-electron chi connectivity index (χ3n) is 2.55. The molecule has 0 heterocycles. The number of ether oxygens (including phenoxy) is 1. The molecule has 6 nitrogen and oxygen atoms in total. The van der Waals surface area contributed by atoms with Crippen LogP contribution in [0.5, 0.6) is 11.5 Å². The normalized spacial score (nSPS) is 11.1. The predicted octanol–water partition coefficient (Wildman–Crippen LogP) is 2.93. The van der Waals surface area contributed by atoms with E-state index < -0.39 is 26.3 Å². The maximum Gasteiger partial charge on any atom is 0.276 e. The summed E-state index contributed by atoms with van der Waals surface area (Å²) >= 11 is 0. The van der Waals surface area contributed by atoms with Gasteiger partial charge in [-0.05, 0) is 24.3 Å². The molecule has 0 aromatic heterocycles. The van der Waals surface area contributed by atoms with Crippen molar-refractivity contribution in [2.75, 3.05) is 6.26 Å². The Balaban J connectivity index is 2.28. The molecule has 0 aliphatic heterocycles. The van der Waals surface area contributed by atoms with E-state index in [1.165, 1.54) is 24.3 Å². The molecule has 2 aromatic rings. The molecule has 2 rings (SSSR count). The molecule has 0 N–H and O–H groups in total. The minimum Gasteiger partial charge on any atom is -0.457 e. The zero-order valence-electron chi connectivity index (χ0n) is 10.8. The van der Waals surface area contributed by atoms with Crippen molar-refractivity contribution in [3.05, 3.63) is 58.4 Å². The number of sulfone groups is 1. The quantitative estimate of drug-likeness (QED) is 0.640. The molecule has 0 aliphatic rings. The molecule has 0 unspecified atom stereocenters. The highest BCUT2D eigenvalue weighted by atomic mass is 32.2. The number of rotatable bonds is 4. The molecule has 0 saturated carbocycles. The van der Waals surface area contributed by atoms with Gasteiger partial charge in [0.25, 0.3) is 5.69 Å². The van der Waals surface area contributed by atoms with Crippen molar-refractivity contribution >= 4 is 15.5 Å². The van der Waals surface area contributed by atoms with Gasteiger partial charge in [-0.15, -0.1) is 0 Å². The number of hydrogen-bond donors (Lipinski definition) is 0. The SMILES string of the molecule is CS(=O)(=O)c1ccc(Oc2cc(F)cc([N+](=O)[O-])c2)cc1. The number of nitrogens with zero attached hydrogens (tertiary/aromatic N) is 1. The highest BCUT2D eigenvalue weighted by Gasteiger charge is 2.12. The van der Waals surface area contributed by atoms with Gasteiger partial charge in [0.15, 0.2) is 9.84 Å². The second kappa shape index (κ2) is 5.49. The van der Waals surface area contributed by atoms with Crippen LogP contribution in [-0.4, -0.2) is 19.6 Å². The lowest BCUT2D eigenvalue weighted by molar-refractivity contribution is -0.385. The highest BCUT2D eigenvalue weighted by molar-refractivity contribution is 7.90. The van der Waals surface area contributed by atoms with Crippen LogP contribution in [0.15, 0.2) is 47.4 Å². The van der Waals surface area contributed by atoms with Gasteiger partial charge in [0.05, 0.1) is 22.0 Å². The van der Waals surface area contributed by atoms with Crippen LogP contribution in [0.1, 0.15) is 0 Å². The number of non-ortho nitro benzene ring substituents is 1. The monoisotopic (exact) mass is 311 g/mol. The van der Waals surface area contributed by atoms with E-state index in [1.807, 2.05) is 0 Å². The van der Waals surface area contributed by atoms with Crippen LogP contribution in [0.4, 0.5) is 10.1 Å². The van der Waals surface area contributed by atoms with Gasteiger partial charge in [-0.3, -0.25) is 10.1 Å². The summed E-state index contributed by atoms with van der Waals surface area (Å²) in [5.74, 6) is -0.608. The molecule has 110 valence electrons. The van der Waals surface area contributed by atoms with Gasteiger partial charge < -0.3 is 4.74 Å². The smallest absolute Gasteiger partial charge is 0.276 e. The Morgan fingerprint density at radius 2 is 1.71 bits per heavy atom. The Kier molecular flexibility index (Phi) is 3.90. The van der Waals surface area contributed by atoms with Crippen LogP contribution >= 0.6 is 0 Å². The van der Waals surface area contributed by atoms with E-state index in [9.17, 15) is 22.9 Å². The fourth-order valence-corrected chi connectivity index (χ4v) is 2.23. The lowest BCUT2D eigenvalue weighted by Gasteiger charge is -2.06. The summed E-state index contributed by atoms with van der Waals surface area (Å²) in [4.78, 5) is 10.0. The Morgan fingerprint density at radius 1 is 1.10 bits per heavy atom. The molecule has 0 saturated heterocycles. The first kappa shape index (κ1) is 14.9.